The minimum atomic E-state index is -5.24. The highest BCUT2D eigenvalue weighted by Gasteiger charge is 2.62. The van der Waals surface area contributed by atoms with E-state index in [2.05, 4.69) is 5.32 Å². The fraction of sp³-hybridized carbons (Fsp3) is 0.333. The highest BCUT2D eigenvalue weighted by Crippen LogP contribution is 2.43. The Morgan fingerprint density at radius 1 is 0.872 bits per heavy atom. The standard InChI is InChI=1S/C33H33F3N2O9/c1-18-25(30(43)47-19(2)26(39)23(29(42)46-18)17-20-11-6-4-7-12-20)38-28(41)22-15-10-16-24(27(22)40)37-31(44)32(45-3,33(34,35)36)21-13-8-5-9-14-21/h4-16,18-19,23,25-26,39-40H,17H2,1-3H3,(H,37,44)(H,38,41)/t18-,19+,23-,25+,26+,32+/m1/s1. The Morgan fingerprint density at radius 3 is 2.06 bits per heavy atom. The van der Waals surface area contributed by atoms with Crippen LogP contribution in [0.3, 0.4) is 0 Å². The Morgan fingerprint density at radius 2 is 1.47 bits per heavy atom. The molecule has 0 unspecified atom stereocenters. The summed E-state index contributed by atoms with van der Waals surface area (Å²) in [7, 11) is 0.706. The quantitative estimate of drug-likeness (QED) is 0.209. The molecule has 1 fully saturated rings. The Bertz CT molecular complexity index is 1600. The molecule has 1 aliphatic rings. The Labute approximate surface area is 267 Å². The van der Waals surface area contributed by atoms with Crippen LogP contribution >= 0.6 is 0 Å². The third kappa shape index (κ3) is 7.23. The fourth-order valence-corrected chi connectivity index (χ4v) is 5.25. The van der Waals surface area contributed by atoms with Gasteiger partial charge in [-0.1, -0.05) is 66.7 Å². The minimum absolute atomic E-state index is 0.0713. The van der Waals surface area contributed by atoms with Crippen molar-refractivity contribution in [2.45, 2.75) is 56.4 Å². The van der Waals surface area contributed by atoms with Gasteiger partial charge in [-0.05, 0) is 38.0 Å². The van der Waals surface area contributed by atoms with Crippen molar-refractivity contribution < 1.29 is 56.8 Å². The number of amides is 2. The van der Waals surface area contributed by atoms with E-state index in [1.54, 1.807) is 30.3 Å². The number of carbonyl (C=O) groups excluding carboxylic acids is 4. The second kappa shape index (κ2) is 14.2. The topological polar surface area (TPSA) is 160 Å². The lowest BCUT2D eigenvalue weighted by Crippen LogP contribution is -2.53. The van der Waals surface area contributed by atoms with Crippen molar-refractivity contribution in [2.24, 2.45) is 5.92 Å². The van der Waals surface area contributed by atoms with Gasteiger partial charge >= 0.3 is 18.1 Å². The Hall–Kier alpha value is -4.95. The third-order valence-corrected chi connectivity index (χ3v) is 7.84. The number of cyclic esters (lactones) is 2. The number of aliphatic hydroxyl groups is 1. The van der Waals surface area contributed by atoms with Crippen molar-refractivity contribution in [1.82, 2.24) is 5.32 Å². The van der Waals surface area contributed by atoms with Crippen LogP contribution in [-0.4, -0.2) is 71.6 Å². The molecule has 0 bridgehead atoms. The number of anilines is 1. The molecule has 4 rings (SSSR count). The zero-order valence-electron chi connectivity index (χ0n) is 25.5. The Kier molecular flexibility index (Phi) is 10.6. The molecule has 6 atom stereocenters. The molecule has 0 saturated carbocycles. The van der Waals surface area contributed by atoms with Gasteiger partial charge in [-0.2, -0.15) is 13.2 Å². The van der Waals surface area contributed by atoms with Crippen LogP contribution in [0.5, 0.6) is 5.75 Å². The highest BCUT2D eigenvalue weighted by atomic mass is 19.4. The van der Waals surface area contributed by atoms with Gasteiger partial charge in [-0.15, -0.1) is 0 Å². The van der Waals surface area contributed by atoms with Crippen molar-refractivity contribution in [3.63, 3.8) is 0 Å². The first-order valence-electron chi connectivity index (χ1n) is 14.5. The smallest absolute Gasteiger partial charge is 0.430 e. The van der Waals surface area contributed by atoms with Crippen molar-refractivity contribution >= 4 is 29.4 Å². The summed E-state index contributed by atoms with van der Waals surface area (Å²) >= 11 is 0. The predicted molar refractivity (Wildman–Crippen MR) is 160 cm³/mol. The molecule has 4 N–H and O–H groups in total. The van der Waals surface area contributed by atoms with Gasteiger partial charge in [0.05, 0.1) is 17.2 Å². The van der Waals surface area contributed by atoms with Gasteiger partial charge in [0.1, 0.15) is 18.3 Å². The van der Waals surface area contributed by atoms with E-state index in [1.165, 1.54) is 38.1 Å². The fourth-order valence-electron chi connectivity index (χ4n) is 5.25. The maximum Gasteiger partial charge on any atom is 0.430 e. The number of para-hydroxylation sites is 1. The molecule has 2 amide bonds. The monoisotopic (exact) mass is 658 g/mol. The average molecular weight is 659 g/mol. The average Bonchev–Trinajstić information content (AvgIpc) is 3.05. The van der Waals surface area contributed by atoms with Crippen molar-refractivity contribution in [1.29, 1.82) is 0 Å². The molecule has 3 aromatic rings. The van der Waals surface area contributed by atoms with E-state index in [9.17, 15) is 42.6 Å². The first kappa shape index (κ1) is 34.9. The van der Waals surface area contributed by atoms with E-state index in [4.69, 9.17) is 14.2 Å². The number of phenols is 1. The van der Waals surface area contributed by atoms with Crippen LogP contribution < -0.4 is 10.6 Å². The summed E-state index contributed by atoms with van der Waals surface area (Å²) in [5.74, 6) is -6.78. The maximum absolute atomic E-state index is 14.4. The SMILES string of the molecule is CO[C@](C(=O)Nc1cccc(C(=O)N[C@@H]2C(=O)O[C@@H](C)[C@H](O)[C@@H](Cc3ccccc3)C(=O)O[C@@H]2C)c1O)(c1ccccc1)C(F)(F)F. The molecule has 0 aliphatic carbocycles. The number of aliphatic hydroxyl groups excluding tert-OH is 1. The van der Waals surface area contributed by atoms with Gasteiger partial charge in [0.2, 0.25) is 0 Å². The van der Waals surface area contributed by atoms with Crippen LogP contribution in [0.2, 0.25) is 0 Å². The lowest BCUT2D eigenvalue weighted by atomic mass is 9.91. The van der Waals surface area contributed by atoms with Crippen molar-refractivity contribution in [3.05, 3.63) is 95.6 Å². The van der Waals surface area contributed by atoms with Crippen LogP contribution in [0.25, 0.3) is 0 Å². The van der Waals surface area contributed by atoms with Gasteiger partial charge in [0.25, 0.3) is 17.4 Å². The number of phenolic OH excluding ortho intramolecular Hbond substituents is 1. The second-order valence-electron chi connectivity index (χ2n) is 10.9. The molecular formula is C33H33F3N2O9. The van der Waals surface area contributed by atoms with E-state index in [0.29, 0.717) is 12.7 Å². The normalized spacial score (nSPS) is 23.2. The number of ether oxygens (including phenoxy) is 3. The predicted octanol–water partition coefficient (Wildman–Crippen LogP) is 3.63. The number of methoxy groups -OCH3 is 1. The molecule has 14 heteroatoms. The number of carbonyl (C=O) groups is 4. The first-order valence-corrected chi connectivity index (χ1v) is 14.5. The number of esters is 2. The van der Waals surface area contributed by atoms with Gasteiger partial charge in [0.15, 0.2) is 11.8 Å². The number of hydrogen-bond donors (Lipinski definition) is 4. The number of hydrogen-bond acceptors (Lipinski definition) is 9. The molecule has 1 saturated heterocycles. The maximum atomic E-state index is 14.4. The summed E-state index contributed by atoms with van der Waals surface area (Å²) in [6.45, 7) is 2.69. The minimum Gasteiger partial charge on any atom is -0.505 e. The lowest BCUT2D eigenvalue weighted by Gasteiger charge is -2.33. The molecule has 0 aromatic heterocycles. The van der Waals surface area contributed by atoms with Crippen LogP contribution in [-0.2, 0) is 40.6 Å². The van der Waals surface area contributed by atoms with Gasteiger partial charge in [-0.3, -0.25) is 14.4 Å². The molecule has 47 heavy (non-hydrogen) atoms. The highest BCUT2D eigenvalue weighted by molar-refractivity contribution is 6.04. The summed E-state index contributed by atoms with van der Waals surface area (Å²) in [4.78, 5) is 52.8. The zero-order chi connectivity index (χ0) is 34.5. The number of rotatable bonds is 8. The molecule has 3 aromatic carbocycles. The second-order valence-corrected chi connectivity index (χ2v) is 10.9. The van der Waals surface area contributed by atoms with Crippen LogP contribution in [0.1, 0.15) is 35.3 Å². The molecule has 11 nitrogen and oxygen atoms in total. The summed E-state index contributed by atoms with van der Waals surface area (Å²) < 4.78 is 58.7. The summed E-state index contributed by atoms with van der Waals surface area (Å²) in [6.07, 6.45) is -9.14. The van der Waals surface area contributed by atoms with E-state index in [0.717, 1.165) is 24.3 Å². The van der Waals surface area contributed by atoms with E-state index in [-0.39, 0.29) is 6.42 Å². The molecule has 1 heterocycles. The number of halogens is 3. The molecule has 1 aliphatic heterocycles. The summed E-state index contributed by atoms with van der Waals surface area (Å²) in [5.41, 5.74) is -4.40. The van der Waals surface area contributed by atoms with Crippen LogP contribution in [0, 0.1) is 5.92 Å². The van der Waals surface area contributed by atoms with Gasteiger partial charge < -0.3 is 35.1 Å². The van der Waals surface area contributed by atoms with E-state index in [1.807, 2.05) is 5.32 Å². The van der Waals surface area contributed by atoms with Crippen molar-refractivity contribution in [3.8, 4) is 5.75 Å². The molecular weight excluding hydrogens is 625 g/mol. The van der Waals surface area contributed by atoms with E-state index < -0.39 is 88.4 Å². The van der Waals surface area contributed by atoms with Gasteiger partial charge in [0, 0.05) is 12.7 Å². The Balaban J connectivity index is 1.58. The molecule has 0 radical (unpaired) electrons. The summed E-state index contributed by atoms with van der Waals surface area (Å²) in [5, 5.41) is 26.1. The zero-order valence-corrected chi connectivity index (χ0v) is 25.5. The van der Waals surface area contributed by atoms with Crippen molar-refractivity contribution in [2.75, 3.05) is 12.4 Å². The molecule has 250 valence electrons. The van der Waals surface area contributed by atoms with Crippen LogP contribution in [0.15, 0.2) is 78.9 Å². The van der Waals surface area contributed by atoms with Gasteiger partial charge in [-0.25, -0.2) is 4.79 Å². The van der Waals surface area contributed by atoms with E-state index >= 15 is 0 Å². The first-order chi connectivity index (χ1) is 22.2. The molecule has 0 spiro atoms. The largest absolute Gasteiger partial charge is 0.505 e. The number of nitrogens with one attached hydrogen (secondary N) is 2. The third-order valence-electron chi connectivity index (χ3n) is 7.84. The number of aromatic hydroxyl groups is 1. The lowest BCUT2D eigenvalue weighted by molar-refractivity contribution is -0.263. The summed E-state index contributed by atoms with van der Waals surface area (Å²) in [6, 6.07) is 16.6. The number of benzene rings is 3. The number of alkyl halides is 3. The van der Waals surface area contributed by atoms with Crippen LogP contribution in [0.4, 0.5) is 18.9 Å².